The number of carboxylic acids is 1. The molecule has 0 amide bonds. The Morgan fingerprint density at radius 2 is 2.21 bits per heavy atom. The second-order valence-corrected chi connectivity index (χ2v) is 3.99. The van der Waals surface area contributed by atoms with Crippen LogP contribution in [0, 0.1) is 12.8 Å². The summed E-state index contributed by atoms with van der Waals surface area (Å²) in [6, 6.07) is 1.81. The maximum atomic E-state index is 10.5. The monoisotopic (exact) mass is 196 g/mol. The second kappa shape index (κ2) is 4.31. The molecule has 0 radical (unpaired) electrons. The molecule has 1 heterocycles. The molecule has 0 aliphatic carbocycles. The van der Waals surface area contributed by atoms with Crippen LogP contribution in [0.3, 0.4) is 0 Å². The van der Waals surface area contributed by atoms with E-state index in [1.807, 2.05) is 13.0 Å². The minimum absolute atomic E-state index is 0.0288. The van der Waals surface area contributed by atoms with E-state index in [1.165, 1.54) is 0 Å². The second-order valence-electron chi connectivity index (χ2n) is 3.99. The summed E-state index contributed by atoms with van der Waals surface area (Å²) >= 11 is 0. The van der Waals surface area contributed by atoms with Gasteiger partial charge < -0.3 is 9.52 Å². The maximum Gasteiger partial charge on any atom is 0.311 e. The Bertz CT molecular complexity index is 323. The summed E-state index contributed by atoms with van der Waals surface area (Å²) in [6.45, 7) is 6.17. The summed E-state index contributed by atoms with van der Waals surface area (Å²) in [7, 11) is 0. The Labute approximate surface area is 83.7 Å². The molecule has 78 valence electrons. The molecule has 1 aromatic rings. The Kier molecular flexibility index (Phi) is 3.33. The normalized spacial score (nSPS) is 10.9. The molecule has 0 fully saturated rings. The van der Waals surface area contributed by atoms with Gasteiger partial charge in [0.2, 0.25) is 0 Å². The van der Waals surface area contributed by atoms with Crippen molar-refractivity contribution in [3.63, 3.8) is 0 Å². The van der Waals surface area contributed by atoms with Crippen LogP contribution in [-0.4, -0.2) is 11.1 Å². The standard InChI is InChI=1S/C11H16O3/c1-7(2)4-10-8(3)5-9(14-10)6-11(12)13/h5,7H,4,6H2,1-3H3,(H,12,13). The zero-order valence-corrected chi connectivity index (χ0v) is 8.83. The number of aliphatic carboxylic acids is 1. The highest BCUT2D eigenvalue weighted by atomic mass is 16.4. The molecule has 0 aliphatic rings. The molecular weight excluding hydrogens is 180 g/mol. The van der Waals surface area contributed by atoms with Crippen molar-refractivity contribution in [3.8, 4) is 0 Å². The van der Waals surface area contributed by atoms with Gasteiger partial charge in [-0.25, -0.2) is 0 Å². The molecule has 0 saturated heterocycles. The molecule has 0 aliphatic heterocycles. The van der Waals surface area contributed by atoms with Gasteiger partial charge in [-0.2, -0.15) is 0 Å². The molecule has 0 aromatic carbocycles. The van der Waals surface area contributed by atoms with Crippen molar-refractivity contribution in [1.29, 1.82) is 0 Å². The van der Waals surface area contributed by atoms with Gasteiger partial charge >= 0.3 is 5.97 Å². The van der Waals surface area contributed by atoms with Crippen molar-refractivity contribution in [2.24, 2.45) is 5.92 Å². The Balaban J connectivity index is 2.76. The molecule has 0 saturated carbocycles. The van der Waals surface area contributed by atoms with Crippen molar-refractivity contribution in [2.75, 3.05) is 0 Å². The van der Waals surface area contributed by atoms with Crippen LogP contribution in [0.1, 0.15) is 30.9 Å². The fourth-order valence-corrected chi connectivity index (χ4v) is 1.40. The van der Waals surface area contributed by atoms with Crippen molar-refractivity contribution in [3.05, 3.63) is 23.2 Å². The van der Waals surface area contributed by atoms with E-state index in [2.05, 4.69) is 13.8 Å². The van der Waals surface area contributed by atoms with Crippen molar-refractivity contribution in [2.45, 2.75) is 33.6 Å². The van der Waals surface area contributed by atoms with Gasteiger partial charge in [0.25, 0.3) is 0 Å². The van der Waals surface area contributed by atoms with Gasteiger partial charge in [-0.1, -0.05) is 13.8 Å². The highest BCUT2D eigenvalue weighted by Crippen LogP contribution is 2.18. The fraction of sp³-hybridized carbons (Fsp3) is 0.545. The first kappa shape index (κ1) is 10.8. The minimum Gasteiger partial charge on any atom is -0.481 e. The third-order valence-corrected chi connectivity index (χ3v) is 1.99. The lowest BCUT2D eigenvalue weighted by Gasteiger charge is -2.01. The summed E-state index contributed by atoms with van der Waals surface area (Å²) in [6.07, 6.45) is 0.838. The van der Waals surface area contributed by atoms with Gasteiger partial charge in [0.1, 0.15) is 17.9 Å². The number of hydrogen-bond acceptors (Lipinski definition) is 2. The van der Waals surface area contributed by atoms with Crippen LogP contribution in [0.5, 0.6) is 0 Å². The summed E-state index contributed by atoms with van der Waals surface area (Å²) < 4.78 is 5.46. The molecule has 0 unspecified atom stereocenters. The molecule has 1 N–H and O–H groups in total. The third-order valence-electron chi connectivity index (χ3n) is 1.99. The van der Waals surface area contributed by atoms with Gasteiger partial charge in [-0.3, -0.25) is 4.79 Å². The highest BCUT2D eigenvalue weighted by Gasteiger charge is 2.11. The molecule has 3 nitrogen and oxygen atoms in total. The topological polar surface area (TPSA) is 50.4 Å². The zero-order chi connectivity index (χ0) is 10.7. The van der Waals surface area contributed by atoms with E-state index >= 15 is 0 Å². The average Bonchev–Trinajstić information content (AvgIpc) is 2.28. The quantitative estimate of drug-likeness (QED) is 0.804. The van der Waals surface area contributed by atoms with Gasteiger partial charge in [0, 0.05) is 6.42 Å². The molecule has 0 bridgehead atoms. The van der Waals surface area contributed by atoms with E-state index < -0.39 is 5.97 Å². The average molecular weight is 196 g/mol. The largest absolute Gasteiger partial charge is 0.481 e. The number of carboxylic acid groups (broad SMARTS) is 1. The van der Waals surface area contributed by atoms with Crippen molar-refractivity contribution >= 4 is 5.97 Å². The molecule has 14 heavy (non-hydrogen) atoms. The van der Waals surface area contributed by atoms with Crippen LogP contribution in [0.25, 0.3) is 0 Å². The van der Waals surface area contributed by atoms with E-state index in [1.54, 1.807) is 0 Å². The summed E-state index contributed by atoms with van der Waals surface area (Å²) in [5, 5.41) is 8.59. The molecule has 1 aromatic heterocycles. The minimum atomic E-state index is -0.852. The van der Waals surface area contributed by atoms with Gasteiger partial charge in [0.15, 0.2) is 0 Å². The van der Waals surface area contributed by atoms with E-state index in [9.17, 15) is 4.79 Å². The summed E-state index contributed by atoms with van der Waals surface area (Å²) in [4.78, 5) is 10.5. The number of carbonyl (C=O) groups is 1. The summed E-state index contributed by atoms with van der Waals surface area (Å²) in [5.41, 5.74) is 1.05. The van der Waals surface area contributed by atoms with Gasteiger partial charge in [-0.05, 0) is 24.5 Å². The first-order valence-electron chi connectivity index (χ1n) is 4.79. The van der Waals surface area contributed by atoms with E-state index in [4.69, 9.17) is 9.52 Å². The maximum absolute atomic E-state index is 10.5. The fourth-order valence-electron chi connectivity index (χ4n) is 1.40. The number of hydrogen-bond donors (Lipinski definition) is 1. The molecule has 3 heteroatoms. The molecular formula is C11H16O3. The number of furan rings is 1. The van der Waals surface area contributed by atoms with Crippen LogP contribution in [0.2, 0.25) is 0 Å². The third kappa shape index (κ3) is 2.91. The number of aryl methyl sites for hydroxylation is 1. The predicted octanol–water partition coefficient (Wildman–Crippen LogP) is 2.41. The molecule has 0 atom stereocenters. The van der Waals surface area contributed by atoms with E-state index in [-0.39, 0.29) is 6.42 Å². The number of rotatable bonds is 4. The Morgan fingerprint density at radius 3 is 2.71 bits per heavy atom. The van der Waals surface area contributed by atoms with Crippen LogP contribution >= 0.6 is 0 Å². The lowest BCUT2D eigenvalue weighted by molar-refractivity contribution is -0.136. The lowest BCUT2D eigenvalue weighted by Crippen LogP contribution is -1.98. The first-order valence-corrected chi connectivity index (χ1v) is 4.79. The van der Waals surface area contributed by atoms with Gasteiger partial charge in [-0.15, -0.1) is 0 Å². The lowest BCUT2D eigenvalue weighted by atomic mass is 10.1. The van der Waals surface area contributed by atoms with E-state index in [0.29, 0.717) is 11.7 Å². The van der Waals surface area contributed by atoms with E-state index in [0.717, 1.165) is 17.7 Å². The van der Waals surface area contributed by atoms with Gasteiger partial charge in [0.05, 0.1) is 0 Å². The molecule has 1 rings (SSSR count). The summed E-state index contributed by atoms with van der Waals surface area (Å²) in [5.74, 6) is 1.13. The van der Waals surface area contributed by atoms with Crippen molar-refractivity contribution in [1.82, 2.24) is 0 Å². The van der Waals surface area contributed by atoms with Crippen LogP contribution in [-0.2, 0) is 17.6 Å². The smallest absolute Gasteiger partial charge is 0.311 e. The predicted molar refractivity (Wildman–Crippen MR) is 53.3 cm³/mol. The van der Waals surface area contributed by atoms with Crippen LogP contribution in [0.4, 0.5) is 0 Å². The molecule has 0 spiro atoms. The SMILES string of the molecule is Cc1cc(CC(=O)O)oc1CC(C)C. The Morgan fingerprint density at radius 1 is 1.57 bits per heavy atom. The first-order chi connectivity index (χ1) is 6.49. The Hall–Kier alpha value is -1.25. The van der Waals surface area contributed by atoms with Crippen LogP contribution < -0.4 is 0 Å². The van der Waals surface area contributed by atoms with Crippen LogP contribution in [0.15, 0.2) is 10.5 Å². The highest BCUT2D eigenvalue weighted by molar-refractivity contribution is 5.69. The zero-order valence-electron chi connectivity index (χ0n) is 8.83. The van der Waals surface area contributed by atoms with Crippen molar-refractivity contribution < 1.29 is 14.3 Å².